The highest BCUT2D eigenvalue weighted by atomic mass is 35.5. The van der Waals surface area contributed by atoms with Gasteiger partial charge in [-0.3, -0.25) is 4.98 Å². The molecule has 33 heavy (non-hydrogen) atoms. The molecule has 0 aliphatic heterocycles. The number of nitrogens with zero attached hydrogens (tertiary/aromatic N) is 2. The predicted molar refractivity (Wildman–Crippen MR) is 117 cm³/mol. The minimum Gasteiger partial charge on any atom is -0.457 e. The van der Waals surface area contributed by atoms with Crippen LogP contribution in [0.15, 0.2) is 73.3 Å². The van der Waals surface area contributed by atoms with E-state index in [4.69, 9.17) is 16.3 Å². The third kappa shape index (κ3) is 5.60. The molecule has 7 nitrogen and oxygen atoms in total. The maximum absolute atomic E-state index is 13.0. The average Bonchev–Trinajstić information content (AvgIpc) is 3.31. The number of ether oxygens (including phenoxy) is 1. The number of aromatic nitrogens is 3. The van der Waals surface area contributed by atoms with Gasteiger partial charge in [0.2, 0.25) is 0 Å². The van der Waals surface area contributed by atoms with E-state index in [-0.39, 0.29) is 5.69 Å². The summed E-state index contributed by atoms with van der Waals surface area (Å²) in [6, 6.07) is 12.3. The number of amides is 2. The highest BCUT2D eigenvalue weighted by molar-refractivity contribution is 6.31. The summed E-state index contributed by atoms with van der Waals surface area (Å²) in [5.41, 5.74) is 0.743. The highest BCUT2D eigenvalue weighted by Gasteiger charge is 2.33. The van der Waals surface area contributed by atoms with Gasteiger partial charge in [0.15, 0.2) is 0 Å². The molecule has 0 saturated carbocycles. The minimum atomic E-state index is -4.63. The Balaban J connectivity index is 1.38. The van der Waals surface area contributed by atoms with Crippen molar-refractivity contribution in [2.45, 2.75) is 6.18 Å². The zero-order chi connectivity index (χ0) is 23.4. The Morgan fingerprint density at radius 1 is 0.970 bits per heavy atom. The lowest BCUT2D eigenvalue weighted by atomic mass is 10.2. The quantitative estimate of drug-likeness (QED) is 0.305. The van der Waals surface area contributed by atoms with Gasteiger partial charge in [-0.1, -0.05) is 11.6 Å². The van der Waals surface area contributed by atoms with Crippen LogP contribution in [0.25, 0.3) is 11.4 Å². The molecule has 0 aliphatic carbocycles. The Labute approximate surface area is 190 Å². The maximum Gasteiger partial charge on any atom is 0.417 e. The zero-order valence-corrected chi connectivity index (χ0v) is 17.4. The summed E-state index contributed by atoms with van der Waals surface area (Å²) in [5.74, 6) is 1.06. The van der Waals surface area contributed by atoms with Gasteiger partial charge in [0, 0.05) is 23.6 Å². The molecule has 0 saturated heterocycles. The van der Waals surface area contributed by atoms with Crippen LogP contribution in [0.2, 0.25) is 5.02 Å². The number of carbonyl (C=O) groups excluding carboxylic acids is 1. The molecule has 0 spiro atoms. The van der Waals surface area contributed by atoms with Gasteiger partial charge in [0.1, 0.15) is 11.5 Å². The van der Waals surface area contributed by atoms with Crippen molar-refractivity contribution >= 4 is 29.0 Å². The van der Waals surface area contributed by atoms with Crippen molar-refractivity contribution in [3.63, 3.8) is 0 Å². The van der Waals surface area contributed by atoms with E-state index in [1.54, 1.807) is 55.1 Å². The molecule has 4 aromatic rings. The molecule has 2 heterocycles. The number of halogens is 4. The first-order chi connectivity index (χ1) is 15.8. The van der Waals surface area contributed by atoms with Crippen molar-refractivity contribution < 1.29 is 22.7 Å². The molecule has 3 N–H and O–H groups in total. The van der Waals surface area contributed by atoms with Crippen molar-refractivity contribution in [1.82, 2.24) is 15.0 Å². The van der Waals surface area contributed by atoms with E-state index in [9.17, 15) is 18.0 Å². The molecule has 0 radical (unpaired) electrons. The third-order valence-corrected chi connectivity index (χ3v) is 4.71. The van der Waals surface area contributed by atoms with Crippen molar-refractivity contribution in [3.8, 4) is 22.9 Å². The van der Waals surface area contributed by atoms with E-state index in [0.717, 1.165) is 17.8 Å². The average molecular weight is 474 g/mol. The number of benzene rings is 2. The number of imidazole rings is 1. The number of aromatic amines is 1. The summed E-state index contributed by atoms with van der Waals surface area (Å²) in [6.07, 6.45) is 0.169. The van der Waals surface area contributed by atoms with Crippen LogP contribution in [0, 0.1) is 0 Å². The summed E-state index contributed by atoms with van der Waals surface area (Å²) in [5, 5.41) is 4.44. The summed E-state index contributed by atoms with van der Waals surface area (Å²) in [4.78, 5) is 23.3. The van der Waals surface area contributed by atoms with Gasteiger partial charge in [-0.2, -0.15) is 13.2 Å². The molecule has 0 fully saturated rings. The van der Waals surface area contributed by atoms with E-state index < -0.39 is 22.8 Å². The van der Waals surface area contributed by atoms with Gasteiger partial charge in [0.25, 0.3) is 0 Å². The summed E-state index contributed by atoms with van der Waals surface area (Å²) in [7, 11) is 0. The summed E-state index contributed by atoms with van der Waals surface area (Å²) in [6.45, 7) is 0. The van der Waals surface area contributed by atoms with Crippen LogP contribution in [0.1, 0.15) is 5.56 Å². The molecule has 2 aromatic heterocycles. The summed E-state index contributed by atoms with van der Waals surface area (Å²) >= 11 is 5.59. The third-order valence-electron chi connectivity index (χ3n) is 4.38. The number of carbonyl (C=O) groups is 1. The normalized spacial score (nSPS) is 11.2. The Morgan fingerprint density at radius 2 is 1.70 bits per heavy atom. The molecule has 168 valence electrons. The van der Waals surface area contributed by atoms with Gasteiger partial charge in [-0.25, -0.2) is 9.78 Å². The maximum atomic E-state index is 13.0. The largest absolute Gasteiger partial charge is 0.457 e. The topological polar surface area (TPSA) is 91.9 Å². The molecule has 0 unspecified atom stereocenters. The minimum absolute atomic E-state index is 0.0464. The van der Waals surface area contributed by atoms with E-state index in [1.807, 2.05) is 0 Å². The predicted octanol–water partition coefficient (Wildman–Crippen LogP) is 6.58. The zero-order valence-electron chi connectivity index (χ0n) is 16.7. The van der Waals surface area contributed by atoms with Gasteiger partial charge < -0.3 is 20.4 Å². The standard InChI is InChI=1S/C22H15ClF3N5O2/c23-18-6-3-14(9-17(18)22(24,25)26)31-21(32)30-13-1-4-15(5-2-13)33-16-7-8-28-19(10-16)20-11-27-12-29-20/h1-12H,(H,27,29)(H2,30,31,32). The van der Waals surface area contributed by atoms with Crippen LogP contribution < -0.4 is 15.4 Å². The van der Waals surface area contributed by atoms with Gasteiger partial charge in [-0.15, -0.1) is 0 Å². The van der Waals surface area contributed by atoms with E-state index in [0.29, 0.717) is 22.9 Å². The molecular weight excluding hydrogens is 459 g/mol. The molecule has 2 amide bonds. The smallest absolute Gasteiger partial charge is 0.417 e. The Kier molecular flexibility index (Phi) is 6.18. The van der Waals surface area contributed by atoms with E-state index >= 15 is 0 Å². The van der Waals surface area contributed by atoms with Crippen molar-refractivity contribution in [2.24, 2.45) is 0 Å². The van der Waals surface area contributed by atoms with Crippen molar-refractivity contribution in [1.29, 1.82) is 0 Å². The molecule has 0 aliphatic rings. The number of urea groups is 1. The first-order valence-electron chi connectivity index (χ1n) is 9.45. The molecule has 0 bridgehead atoms. The second-order valence-electron chi connectivity index (χ2n) is 6.74. The SMILES string of the molecule is O=C(Nc1ccc(Oc2ccnc(-c3cnc[nH]3)c2)cc1)Nc1ccc(Cl)c(C(F)(F)F)c1. The van der Waals surface area contributed by atoms with E-state index in [2.05, 4.69) is 25.6 Å². The molecule has 4 rings (SSSR count). The van der Waals surface area contributed by atoms with Crippen LogP contribution in [-0.2, 0) is 6.18 Å². The fraction of sp³-hybridized carbons (Fsp3) is 0.0455. The number of H-pyrrole nitrogens is 1. The van der Waals surface area contributed by atoms with Gasteiger partial charge in [-0.05, 0) is 48.5 Å². The fourth-order valence-electron chi connectivity index (χ4n) is 2.87. The molecule has 11 heteroatoms. The lowest BCUT2D eigenvalue weighted by Crippen LogP contribution is -2.19. The monoisotopic (exact) mass is 473 g/mol. The van der Waals surface area contributed by atoms with Crippen molar-refractivity contribution in [2.75, 3.05) is 10.6 Å². The number of alkyl halides is 3. The van der Waals surface area contributed by atoms with E-state index in [1.165, 1.54) is 6.07 Å². The van der Waals surface area contributed by atoms with Crippen LogP contribution >= 0.6 is 11.6 Å². The van der Waals surface area contributed by atoms with Crippen LogP contribution in [0.3, 0.4) is 0 Å². The van der Waals surface area contributed by atoms with Gasteiger partial charge in [0.05, 0.1) is 34.5 Å². The number of hydrogen-bond acceptors (Lipinski definition) is 4. The molecular formula is C22H15ClF3N5O2. The van der Waals surface area contributed by atoms with Crippen molar-refractivity contribution in [3.05, 3.63) is 83.9 Å². The number of anilines is 2. The van der Waals surface area contributed by atoms with Crippen LogP contribution in [0.5, 0.6) is 11.5 Å². The Morgan fingerprint density at radius 3 is 2.39 bits per heavy atom. The first kappa shape index (κ1) is 22.2. The number of pyridine rings is 1. The Hall–Kier alpha value is -4.05. The second-order valence-corrected chi connectivity index (χ2v) is 7.15. The highest BCUT2D eigenvalue weighted by Crippen LogP contribution is 2.36. The summed E-state index contributed by atoms with van der Waals surface area (Å²) < 4.78 is 44.7. The fourth-order valence-corrected chi connectivity index (χ4v) is 3.10. The number of hydrogen-bond donors (Lipinski definition) is 3. The van der Waals surface area contributed by atoms with Crippen LogP contribution in [0.4, 0.5) is 29.3 Å². The second kappa shape index (κ2) is 9.21. The number of nitrogens with one attached hydrogen (secondary N) is 3. The number of rotatable bonds is 5. The Bertz CT molecular complexity index is 1260. The van der Waals surface area contributed by atoms with Gasteiger partial charge >= 0.3 is 12.2 Å². The lowest BCUT2D eigenvalue weighted by molar-refractivity contribution is -0.137. The molecule has 0 atom stereocenters. The first-order valence-corrected chi connectivity index (χ1v) is 9.83. The molecule has 2 aromatic carbocycles. The lowest BCUT2D eigenvalue weighted by Gasteiger charge is -2.12. The van der Waals surface area contributed by atoms with Crippen LogP contribution in [-0.4, -0.2) is 21.0 Å².